The highest BCUT2D eigenvalue weighted by atomic mass is 16.4. The van der Waals surface area contributed by atoms with E-state index in [4.69, 9.17) is 5.11 Å². The first-order valence-corrected chi connectivity index (χ1v) is 5.81. The van der Waals surface area contributed by atoms with Crippen LogP contribution in [-0.4, -0.2) is 29.2 Å². The van der Waals surface area contributed by atoms with Gasteiger partial charge in [-0.05, 0) is 32.1 Å². The number of carbonyl (C=O) groups is 2. The van der Waals surface area contributed by atoms with Crippen LogP contribution in [0.5, 0.6) is 0 Å². The molecule has 0 bridgehead atoms. The lowest BCUT2D eigenvalue weighted by Gasteiger charge is -2.18. The third kappa shape index (κ3) is 4.51. The summed E-state index contributed by atoms with van der Waals surface area (Å²) in [5, 5.41) is 14.2. The molecule has 2 unspecified atom stereocenters. The summed E-state index contributed by atoms with van der Waals surface area (Å²) in [6.07, 6.45) is 2.90. The topological polar surface area (TPSA) is 78.4 Å². The normalized spacial score (nSPS) is 18.6. The number of carbonyl (C=O) groups excluding carboxylic acids is 1. The second-order valence-electron chi connectivity index (χ2n) is 4.47. The lowest BCUT2D eigenvalue weighted by molar-refractivity contribution is -0.137. The Labute approximate surface area is 95.6 Å². The molecule has 0 aromatic rings. The maximum Gasteiger partial charge on any atom is 0.315 e. The van der Waals surface area contributed by atoms with Crippen LogP contribution >= 0.6 is 0 Å². The minimum absolute atomic E-state index is 0.0125. The first kappa shape index (κ1) is 12.8. The number of hydrogen-bond donors (Lipinski definition) is 3. The predicted molar refractivity (Wildman–Crippen MR) is 60.2 cm³/mol. The largest absolute Gasteiger partial charge is 0.481 e. The van der Waals surface area contributed by atoms with Crippen molar-refractivity contribution in [2.45, 2.75) is 51.6 Å². The minimum atomic E-state index is -0.860. The molecule has 0 spiro atoms. The predicted octanol–water partition coefficient (Wildman–Crippen LogP) is 1.34. The SMILES string of the molecule is CCC(C)NC(=O)NC(CC(=O)O)C1CC1. The molecular weight excluding hydrogens is 208 g/mol. The second kappa shape index (κ2) is 5.72. The number of amides is 2. The molecule has 1 aliphatic carbocycles. The van der Waals surface area contributed by atoms with Gasteiger partial charge in [0.2, 0.25) is 0 Å². The molecule has 1 aliphatic rings. The van der Waals surface area contributed by atoms with E-state index in [9.17, 15) is 9.59 Å². The van der Waals surface area contributed by atoms with Crippen molar-refractivity contribution in [3.05, 3.63) is 0 Å². The van der Waals surface area contributed by atoms with Crippen LogP contribution in [0.1, 0.15) is 39.5 Å². The van der Waals surface area contributed by atoms with Gasteiger partial charge in [0, 0.05) is 12.1 Å². The van der Waals surface area contributed by atoms with Gasteiger partial charge in [0.25, 0.3) is 0 Å². The summed E-state index contributed by atoms with van der Waals surface area (Å²) in [6, 6.07) is -0.362. The summed E-state index contributed by atoms with van der Waals surface area (Å²) in [4.78, 5) is 22.2. The number of carboxylic acids is 1. The average Bonchev–Trinajstić information content (AvgIpc) is 2.98. The molecule has 0 heterocycles. The monoisotopic (exact) mass is 228 g/mol. The van der Waals surface area contributed by atoms with E-state index in [0.29, 0.717) is 5.92 Å². The molecule has 1 fully saturated rings. The molecule has 0 saturated heterocycles. The summed E-state index contributed by atoms with van der Waals surface area (Å²) in [5.41, 5.74) is 0. The van der Waals surface area contributed by atoms with Gasteiger partial charge in [0.05, 0.1) is 6.42 Å². The Bertz CT molecular complexity index is 264. The van der Waals surface area contributed by atoms with Crippen LogP contribution in [0.15, 0.2) is 0 Å². The van der Waals surface area contributed by atoms with Gasteiger partial charge in [0.1, 0.15) is 0 Å². The van der Waals surface area contributed by atoms with Crippen LogP contribution < -0.4 is 10.6 Å². The van der Waals surface area contributed by atoms with Crippen molar-refractivity contribution < 1.29 is 14.7 Å². The Kier molecular flexibility index (Phi) is 4.58. The molecule has 0 aromatic heterocycles. The molecule has 16 heavy (non-hydrogen) atoms. The Morgan fingerprint density at radius 3 is 2.44 bits per heavy atom. The standard InChI is InChI=1S/C11H20N2O3/c1-3-7(2)12-11(16)13-9(6-10(14)15)8-4-5-8/h7-9H,3-6H2,1-2H3,(H,14,15)(H2,12,13,16). The van der Waals surface area contributed by atoms with Gasteiger partial charge < -0.3 is 15.7 Å². The van der Waals surface area contributed by atoms with Gasteiger partial charge in [-0.3, -0.25) is 4.79 Å². The lowest BCUT2D eigenvalue weighted by Crippen LogP contribution is -2.46. The molecule has 5 nitrogen and oxygen atoms in total. The zero-order valence-electron chi connectivity index (χ0n) is 9.82. The zero-order valence-corrected chi connectivity index (χ0v) is 9.82. The van der Waals surface area contributed by atoms with E-state index >= 15 is 0 Å². The van der Waals surface area contributed by atoms with E-state index in [2.05, 4.69) is 10.6 Å². The second-order valence-corrected chi connectivity index (χ2v) is 4.47. The first-order valence-electron chi connectivity index (χ1n) is 5.81. The summed E-state index contributed by atoms with van der Waals surface area (Å²) in [5.74, 6) is -0.514. The summed E-state index contributed by atoms with van der Waals surface area (Å²) in [6.45, 7) is 3.91. The summed E-state index contributed by atoms with van der Waals surface area (Å²) >= 11 is 0. The van der Waals surface area contributed by atoms with E-state index < -0.39 is 5.97 Å². The van der Waals surface area contributed by atoms with Crippen LogP contribution in [-0.2, 0) is 4.79 Å². The summed E-state index contributed by atoms with van der Waals surface area (Å²) < 4.78 is 0. The van der Waals surface area contributed by atoms with E-state index in [-0.39, 0.29) is 24.5 Å². The molecule has 0 radical (unpaired) electrons. The quantitative estimate of drug-likeness (QED) is 0.642. The number of hydrogen-bond acceptors (Lipinski definition) is 2. The Morgan fingerprint density at radius 2 is 2.00 bits per heavy atom. The van der Waals surface area contributed by atoms with Crippen molar-refractivity contribution in [2.75, 3.05) is 0 Å². The smallest absolute Gasteiger partial charge is 0.315 e. The highest BCUT2D eigenvalue weighted by molar-refractivity contribution is 5.76. The number of urea groups is 1. The molecule has 0 aliphatic heterocycles. The fourth-order valence-electron chi connectivity index (χ4n) is 1.56. The first-order chi connectivity index (χ1) is 7.52. The van der Waals surface area contributed by atoms with Crippen molar-refractivity contribution >= 4 is 12.0 Å². The maximum absolute atomic E-state index is 11.5. The van der Waals surface area contributed by atoms with Gasteiger partial charge in [0.15, 0.2) is 0 Å². The van der Waals surface area contributed by atoms with E-state index in [0.717, 1.165) is 19.3 Å². The Hall–Kier alpha value is -1.26. The summed E-state index contributed by atoms with van der Waals surface area (Å²) in [7, 11) is 0. The number of nitrogens with one attached hydrogen (secondary N) is 2. The zero-order chi connectivity index (χ0) is 12.1. The molecule has 5 heteroatoms. The van der Waals surface area contributed by atoms with Crippen LogP contribution in [0.2, 0.25) is 0 Å². The van der Waals surface area contributed by atoms with Crippen molar-refractivity contribution in [2.24, 2.45) is 5.92 Å². The molecule has 2 atom stereocenters. The average molecular weight is 228 g/mol. The van der Waals surface area contributed by atoms with Crippen molar-refractivity contribution in [1.29, 1.82) is 0 Å². The van der Waals surface area contributed by atoms with E-state index in [1.165, 1.54) is 0 Å². The van der Waals surface area contributed by atoms with Crippen LogP contribution in [0.3, 0.4) is 0 Å². The van der Waals surface area contributed by atoms with Gasteiger partial charge in [-0.1, -0.05) is 6.92 Å². The molecule has 2 amide bonds. The van der Waals surface area contributed by atoms with Gasteiger partial charge in [-0.2, -0.15) is 0 Å². The number of rotatable bonds is 6. The van der Waals surface area contributed by atoms with Crippen molar-refractivity contribution in [3.8, 4) is 0 Å². The molecular formula is C11H20N2O3. The van der Waals surface area contributed by atoms with Crippen molar-refractivity contribution in [1.82, 2.24) is 10.6 Å². The van der Waals surface area contributed by atoms with E-state index in [1.54, 1.807) is 0 Å². The lowest BCUT2D eigenvalue weighted by atomic mass is 10.1. The molecule has 1 saturated carbocycles. The van der Waals surface area contributed by atoms with Crippen LogP contribution in [0, 0.1) is 5.92 Å². The van der Waals surface area contributed by atoms with Crippen LogP contribution in [0.25, 0.3) is 0 Å². The third-order valence-electron chi connectivity index (χ3n) is 2.89. The van der Waals surface area contributed by atoms with Crippen molar-refractivity contribution in [3.63, 3.8) is 0 Å². The van der Waals surface area contributed by atoms with E-state index in [1.807, 2.05) is 13.8 Å². The fraction of sp³-hybridized carbons (Fsp3) is 0.818. The molecule has 1 rings (SSSR count). The third-order valence-corrected chi connectivity index (χ3v) is 2.89. The highest BCUT2D eigenvalue weighted by Crippen LogP contribution is 2.33. The fourth-order valence-corrected chi connectivity index (χ4v) is 1.56. The van der Waals surface area contributed by atoms with Gasteiger partial charge >= 0.3 is 12.0 Å². The minimum Gasteiger partial charge on any atom is -0.481 e. The molecule has 0 aromatic carbocycles. The van der Waals surface area contributed by atoms with Gasteiger partial charge in [-0.15, -0.1) is 0 Å². The maximum atomic E-state index is 11.5. The number of carboxylic acid groups (broad SMARTS) is 1. The molecule has 92 valence electrons. The van der Waals surface area contributed by atoms with Crippen LogP contribution in [0.4, 0.5) is 4.79 Å². The molecule has 3 N–H and O–H groups in total. The Morgan fingerprint density at radius 1 is 1.38 bits per heavy atom. The van der Waals surface area contributed by atoms with Gasteiger partial charge in [-0.25, -0.2) is 4.79 Å². The number of aliphatic carboxylic acids is 1. The highest BCUT2D eigenvalue weighted by Gasteiger charge is 2.33. The Balaban J connectivity index is 2.35.